The second kappa shape index (κ2) is 10.0. The van der Waals surface area contributed by atoms with Crippen molar-refractivity contribution >= 4 is 11.9 Å². The third-order valence-corrected chi connectivity index (χ3v) is 5.18. The van der Waals surface area contributed by atoms with E-state index in [1.165, 1.54) is 5.56 Å². The first kappa shape index (κ1) is 20.1. The highest BCUT2D eigenvalue weighted by Gasteiger charge is 2.45. The summed E-state index contributed by atoms with van der Waals surface area (Å²) in [4.78, 5) is 30.9. The third kappa shape index (κ3) is 5.91. The van der Waals surface area contributed by atoms with Gasteiger partial charge in [-0.05, 0) is 49.3 Å². The van der Waals surface area contributed by atoms with E-state index in [4.69, 9.17) is 4.74 Å². The van der Waals surface area contributed by atoms with Gasteiger partial charge in [-0.3, -0.25) is 14.6 Å². The van der Waals surface area contributed by atoms with Crippen molar-refractivity contribution in [2.75, 3.05) is 19.7 Å². The predicted molar refractivity (Wildman–Crippen MR) is 108 cm³/mol. The number of esters is 1. The number of pyridine rings is 1. The van der Waals surface area contributed by atoms with Gasteiger partial charge in [-0.15, -0.1) is 0 Å². The Labute approximate surface area is 166 Å². The second-order valence-corrected chi connectivity index (χ2v) is 7.29. The molecule has 1 aromatic carbocycles. The minimum Gasteiger partial charge on any atom is -0.466 e. The zero-order valence-electron chi connectivity index (χ0n) is 16.4. The fraction of sp³-hybridized carbons (Fsp3) is 0.435. The van der Waals surface area contributed by atoms with E-state index in [1.54, 1.807) is 12.4 Å². The highest BCUT2D eigenvalue weighted by atomic mass is 16.5. The maximum Gasteiger partial charge on any atom is 0.309 e. The average molecular weight is 380 g/mol. The quantitative estimate of drug-likeness (QED) is 0.594. The fourth-order valence-electron chi connectivity index (χ4n) is 3.45. The van der Waals surface area contributed by atoms with Gasteiger partial charge < -0.3 is 9.64 Å². The molecule has 2 atom stereocenters. The van der Waals surface area contributed by atoms with Gasteiger partial charge in [-0.25, -0.2) is 0 Å². The van der Waals surface area contributed by atoms with E-state index >= 15 is 0 Å². The molecule has 3 rings (SSSR count). The van der Waals surface area contributed by atoms with Crippen LogP contribution < -0.4 is 0 Å². The summed E-state index contributed by atoms with van der Waals surface area (Å²) >= 11 is 0. The lowest BCUT2D eigenvalue weighted by molar-refractivity contribution is -0.145. The third-order valence-electron chi connectivity index (χ3n) is 5.18. The minimum atomic E-state index is -0.127. The molecule has 148 valence electrons. The summed E-state index contributed by atoms with van der Waals surface area (Å²) < 4.78 is 5.12. The molecule has 5 nitrogen and oxygen atoms in total. The van der Waals surface area contributed by atoms with E-state index in [9.17, 15) is 9.59 Å². The van der Waals surface area contributed by atoms with Gasteiger partial charge in [-0.2, -0.15) is 0 Å². The molecule has 1 fully saturated rings. The average Bonchev–Trinajstić information content (AvgIpc) is 3.50. The highest BCUT2D eigenvalue weighted by Crippen LogP contribution is 2.40. The molecule has 1 aromatic heterocycles. The van der Waals surface area contributed by atoms with Crippen LogP contribution in [-0.2, 0) is 27.2 Å². The van der Waals surface area contributed by atoms with Crippen LogP contribution in [0.15, 0.2) is 54.9 Å². The Morgan fingerprint density at radius 2 is 1.89 bits per heavy atom. The van der Waals surface area contributed by atoms with Crippen LogP contribution in [0.4, 0.5) is 0 Å². The van der Waals surface area contributed by atoms with Crippen LogP contribution in [0, 0.1) is 11.8 Å². The van der Waals surface area contributed by atoms with Crippen molar-refractivity contribution in [1.82, 2.24) is 9.88 Å². The van der Waals surface area contributed by atoms with Gasteiger partial charge in [0.05, 0.1) is 12.5 Å². The predicted octanol–water partition coefficient (Wildman–Crippen LogP) is 3.28. The Morgan fingerprint density at radius 1 is 1.11 bits per heavy atom. The first-order valence-corrected chi connectivity index (χ1v) is 10.0. The molecular weight excluding hydrogens is 352 g/mol. The zero-order chi connectivity index (χ0) is 19.8. The van der Waals surface area contributed by atoms with Gasteiger partial charge in [0.25, 0.3) is 0 Å². The number of carbonyl (C=O) groups is 2. The van der Waals surface area contributed by atoms with Crippen LogP contribution in [0.1, 0.15) is 30.9 Å². The number of rotatable bonds is 10. The molecule has 2 aromatic rings. The summed E-state index contributed by atoms with van der Waals surface area (Å²) in [6, 6.07) is 14.1. The molecule has 5 heteroatoms. The molecule has 1 saturated carbocycles. The first-order valence-electron chi connectivity index (χ1n) is 10.0. The number of benzene rings is 1. The number of nitrogens with zero attached hydrogens (tertiary/aromatic N) is 2. The molecule has 0 N–H and O–H groups in total. The molecule has 0 spiro atoms. The summed E-state index contributed by atoms with van der Waals surface area (Å²) in [6.07, 6.45) is 6.31. The molecule has 0 unspecified atom stereocenters. The molecule has 1 aliphatic rings. The Kier molecular flexibility index (Phi) is 7.18. The number of carbonyl (C=O) groups excluding carboxylic acids is 2. The van der Waals surface area contributed by atoms with Crippen molar-refractivity contribution in [3.63, 3.8) is 0 Å². The second-order valence-electron chi connectivity index (χ2n) is 7.29. The highest BCUT2D eigenvalue weighted by molar-refractivity contribution is 5.78. The van der Waals surface area contributed by atoms with E-state index in [1.807, 2.05) is 42.2 Å². The van der Waals surface area contributed by atoms with Gasteiger partial charge in [0.2, 0.25) is 5.91 Å². The number of ether oxygens (including phenoxy) is 1. The van der Waals surface area contributed by atoms with Crippen LogP contribution >= 0.6 is 0 Å². The molecule has 0 aliphatic heterocycles. The maximum absolute atomic E-state index is 12.9. The summed E-state index contributed by atoms with van der Waals surface area (Å²) in [5, 5.41) is 0. The number of aryl methyl sites for hydroxylation is 1. The van der Waals surface area contributed by atoms with E-state index in [-0.39, 0.29) is 23.7 Å². The molecule has 0 bridgehead atoms. The molecule has 1 heterocycles. The van der Waals surface area contributed by atoms with E-state index < -0.39 is 0 Å². The van der Waals surface area contributed by atoms with Crippen molar-refractivity contribution in [3.05, 3.63) is 66.0 Å². The van der Waals surface area contributed by atoms with E-state index in [0.717, 1.165) is 18.4 Å². The maximum atomic E-state index is 12.9. The van der Waals surface area contributed by atoms with Crippen LogP contribution in [0.5, 0.6) is 0 Å². The lowest BCUT2D eigenvalue weighted by Gasteiger charge is -2.23. The Balaban J connectivity index is 1.57. The fourth-order valence-corrected chi connectivity index (χ4v) is 3.45. The zero-order valence-corrected chi connectivity index (χ0v) is 16.4. The van der Waals surface area contributed by atoms with Crippen LogP contribution in [0.3, 0.4) is 0 Å². The summed E-state index contributed by atoms with van der Waals surface area (Å²) in [5.41, 5.74) is 2.28. The van der Waals surface area contributed by atoms with Gasteiger partial charge in [-0.1, -0.05) is 36.4 Å². The molecule has 1 amide bonds. The van der Waals surface area contributed by atoms with Gasteiger partial charge in [0, 0.05) is 31.9 Å². The van der Waals surface area contributed by atoms with Crippen LogP contribution in [-0.4, -0.2) is 41.5 Å². The largest absolute Gasteiger partial charge is 0.466 e. The van der Waals surface area contributed by atoms with E-state index in [2.05, 4.69) is 17.1 Å². The smallest absolute Gasteiger partial charge is 0.309 e. The lowest BCUT2D eigenvalue weighted by Crippen LogP contribution is -2.35. The molecule has 0 saturated heterocycles. The Hall–Kier alpha value is -2.69. The minimum absolute atomic E-state index is 0.0506. The van der Waals surface area contributed by atoms with Gasteiger partial charge in [0.15, 0.2) is 0 Å². The SMILES string of the molecule is CCOC(=O)[C@H]1C[C@H]1CN(CCc1ccccc1)C(=O)CCc1cccnc1. The first-order chi connectivity index (χ1) is 13.7. The van der Waals surface area contributed by atoms with Gasteiger partial charge >= 0.3 is 5.97 Å². The molecular formula is C23H28N2O3. The van der Waals surface area contributed by atoms with Crippen LogP contribution in [0.25, 0.3) is 0 Å². The lowest BCUT2D eigenvalue weighted by atomic mass is 10.1. The number of hydrogen-bond acceptors (Lipinski definition) is 4. The van der Waals surface area contributed by atoms with Gasteiger partial charge in [0.1, 0.15) is 0 Å². The standard InChI is InChI=1S/C23H28N2O3/c1-2-28-23(27)21-15-20(21)17-25(14-12-18-7-4-3-5-8-18)22(26)11-10-19-9-6-13-24-16-19/h3-9,13,16,20-21H,2,10-12,14-15,17H2,1H3/t20-,21-/m0/s1. The Bertz CT molecular complexity index is 764. The molecule has 28 heavy (non-hydrogen) atoms. The van der Waals surface area contributed by atoms with Crippen molar-refractivity contribution in [1.29, 1.82) is 0 Å². The van der Waals surface area contributed by atoms with Crippen molar-refractivity contribution < 1.29 is 14.3 Å². The molecule has 1 aliphatic carbocycles. The van der Waals surface area contributed by atoms with E-state index in [0.29, 0.717) is 32.5 Å². The summed E-state index contributed by atoms with van der Waals surface area (Å²) in [6.45, 7) is 3.53. The monoisotopic (exact) mass is 380 g/mol. The summed E-state index contributed by atoms with van der Waals surface area (Å²) in [5.74, 6) is 0.176. The normalized spacial score (nSPS) is 17.8. The number of aromatic nitrogens is 1. The number of hydrogen-bond donors (Lipinski definition) is 0. The molecule has 0 radical (unpaired) electrons. The topological polar surface area (TPSA) is 59.5 Å². The van der Waals surface area contributed by atoms with Crippen LogP contribution in [0.2, 0.25) is 0 Å². The summed E-state index contributed by atoms with van der Waals surface area (Å²) in [7, 11) is 0. The number of amides is 1. The van der Waals surface area contributed by atoms with Crippen molar-refractivity contribution in [3.8, 4) is 0 Å². The van der Waals surface area contributed by atoms with Crippen molar-refractivity contribution in [2.45, 2.75) is 32.6 Å². The van der Waals surface area contributed by atoms with Crippen molar-refractivity contribution in [2.24, 2.45) is 11.8 Å². The Morgan fingerprint density at radius 3 is 2.61 bits per heavy atom.